The van der Waals surface area contributed by atoms with Gasteiger partial charge in [0, 0.05) is 52.5 Å². The summed E-state index contributed by atoms with van der Waals surface area (Å²) in [6, 6.07) is 2.09. The Hall–Kier alpha value is -1.98. The Kier molecular flexibility index (Phi) is 5.25. The van der Waals surface area contributed by atoms with Crippen LogP contribution in [-0.4, -0.2) is 41.5 Å². The molecule has 6 nitrogen and oxygen atoms in total. The monoisotopic (exact) mass is 291 g/mol. The van der Waals surface area contributed by atoms with E-state index in [1.807, 2.05) is 17.8 Å². The average molecular weight is 291 g/mol. The minimum absolute atomic E-state index is 0.214. The first-order chi connectivity index (χ1) is 10.1. The SMILES string of the molecule is CN=C(NCc1ccn(C)c1)N1CCCC(CC(N)=O)C1. The van der Waals surface area contributed by atoms with Gasteiger partial charge in [-0.1, -0.05) is 0 Å². The third kappa shape index (κ3) is 4.51. The second-order valence-electron chi connectivity index (χ2n) is 5.71. The van der Waals surface area contributed by atoms with Gasteiger partial charge in [-0.15, -0.1) is 0 Å². The number of hydrogen-bond acceptors (Lipinski definition) is 2. The molecule has 1 fully saturated rings. The summed E-state index contributed by atoms with van der Waals surface area (Å²) in [6.45, 7) is 2.58. The maximum atomic E-state index is 11.1. The van der Waals surface area contributed by atoms with E-state index in [4.69, 9.17) is 5.73 Å². The number of amides is 1. The van der Waals surface area contributed by atoms with E-state index in [9.17, 15) is 4.79 Å². The summed E-state index contributed by atoms with van der Waals surface area (Å²) >= 11 is 0. The number of primary amides is 1. The standard InChI is InChI=1S/C15H25N5O/c1-17-15(18-9-13-5-7-19(2)10-13)20-6-3-4-12(11-20)8-14(16)21/h5,7,10,12H,3-4,6,8-9,11H2,1-2H3,(H2,16,21)(H,17,18). The van der Waals surface area contributed by atoms with Gasteiger partial charge in [-0.2, -0.15) is 0 Å². The van der Waals surface area contributed by atoms with Gasteiger partial charge in [0.15, 0.2) is 5.96 Å². The maximum Gasteiger partial charge on any atom is 0.217 e. The van der Waals surface area contributed by atoms with E-state index in [1.165, 1.54) is 5.56 Å². The highest BCUT2D eigenvalue weighted by molar-refractivity contribution is 5.80. The summed E-state index contributed by atoms with van der Waals surface area (Å²) in [5, 5.41) is 3.39. The molecular weight excluding hydrogens is 266 g/mol. The van der Waals surface area contributed by atoms with Crippen LogP contribution in [0.15, 0.2) is 23.5 Å². The number of nitrogens with one attached hydrogen (secondary N) is 1. The van der Waals surface area contributed by atoms with Crippen molar-refractivity contribution in [2.75, 3.05) is 20.1 Å². The molecule has 0 radical (unpaired) electrons. The zero-order valence-electron chi connectivity index (χ0n) is 12.9. The number of carbonyl (C=O) groups excluding carboxylic acids is 1. The smallest absolute Gasteiger partial charge is 0.217 e. The molecular formula is C15H25N5O. The Morgan fingerprint density at radius 3 is 3.00 bits per heavy atom. The molecule has 0 aromatic carbocycles. The molecule has 116 valence electrons. The van der Waals surface area contributed by atoms with Crippen molar-refractivity contribution >= 4 is 11.9 Å². The zero-order valence-corrected chi connectivity index (χ0v) is 12.9. The van der Waals surface area contributed by atoms with Gasteiger partial charge < -0.3 is 20.5 Å². The highest BCUT2D eigenvalue weighted by atomic mass is 16.1. The second kappa shape index (κ2) is 7.15. The lowest BCUT2D eigenvalue weighted by atomic mass is 9.95. The summed E-state index contributed by atoms with van der Waals surface area (Å²) in [6.07, 6.45) is 6.72. The van der Waals surface area contributed by atoms with Gasteiger partial charge >= 0.3 is 0 Å². The largest absolute Gasteiger partial charge is 0.370 e. The number of aliphatic imine (C=N–C) groups is 1. The number of carbonyl (C=O) groups is 1. The summed E-state index contributed by atoms with van der Waals surface area (Å²) in [4.78, 5) is 17.7. The zero-order chi connectivity index (χ0) is 15.2. The normalized spacial score (nSPS) is 19.6. The van der Waals surface area contributed by atoms with Crippen LogP contribution in [0.5, 0.6) is 0 Å². The van der Waals surface area contributed by atoms with Crippen molar-refractivity contribution in [3.8, 4) is 0 Å². The minimum atomic E-state index is -0.214. The van der Waals surface area contributed by atoms with Gasteiger partial charge in [0.2, 0.25) is 5.91 Å². The van der Waals surface area contributed by atoms with Gasteiger partial charge in [-0.05, 0) is 30.4 Å². The molecule has 1 aromatic heterocycles. The molecule has 1 amide bonds. The highest BCUT2D eigenvalue weighted by Gasteiger charge is 2.23. The van der Waals surface area contributed by atoms with Crippen LogP contribution in [0.4, 0.5) is 0 Å². The topological polar surface area (TPSA) is 75.7 Å². The first-order valence-corrected chi connectivity index (χ1v) is 7.43. The Labute approximate surface area is 126 Å². The van der Waals surface area contributed by atoms with Crippen molar-refractivity contribution < 1.29 is 4.79 Å². The van der Waals surface area contributed by atoms with E-state index in [1.54, 1.807) is 7.05 Å². The van der Waals surface area contributed by atoms with Gasteiger partial charge in [-0.25, -0.2) is 0 Å². The molecule has 0 bridgehead atoms. The molecule has 3 N–H and O–H groups in total. The van der Waals surface area contributed by atoms with Crippen LogP contribution in [0.25, 0.3) is 0 Å². The van der Waals surface area contributed by atoms with Crippen LogP contribution < -0.4 is 11.1 Å². The number of piperidine rings is 1. The lowest BCUT2D eigenvalue weighted by molar-refractivity contribution is -0.119. The van der Waals surface area contributed by atoms with Gasteiger partial charge in [-0.3, -0.25) is 9.79 Å². The number of aromatic nitrogens is 1. The van der Waals surface area contributed by atoms with Crippen LogP contribution in [0.1, 0.15) is 24.8 Å². The Morgan fingerprint density at radius 1 is 1.57 bits per heavy atom. The predicted molar refractivity (Wildman–Crippen MR) is 83.7 cm³/mol. The van der Waals surface area contributed by atoms with E-state index >= 15 is 0 Å². The van der Waals surface area contributed by atoms with Crippen LogP contribution in [-0.2, 0) is 18.4 Å². The van der Waals surface area contributed by atoms with Crippen molar-refractivity contribution in [2.45, 2.75) is 25.8 Å². The van der Waals surface area contributed by atoms with Crippen molar-refractivity contribution in [3.63, 3.8) is 0 Å². The van der Waals surface area contributed by atoms with Crippen LogP contribution in [0.3, 0.4) is 0 Å². The molecule has 2 rings (SSSR count). The van der Waals surface area contributed by atoms with E-state index in [0.717, 1.165) is 38.4 Å². The molecule has 1 saturated heterocycles. The molecule has 0 saturated carbocycles. The number of hydrogen-bond donors (Lipinski definition) is 2. The third-order valence-corrected chi connectivity index (χ3v) is 3.86. The maximum absolute atomic E-state index is 11.1. The molecule has 0 aliphatic carbocycles. The number of likely N-dealkylation sites (tertiary alicyclic amines) is 1. The Morgan fingerprint density at radius 2 is 2.38 bits per heavy atom. The molecule has 1 atom stereocenters. The van der Waals surface area contributed by atoms with Crippen LogP contribution in [0.2, 0.25) is 0 Å². The molecule has 1 unspecified atom stereocenters. The Bertz CT molecular complexity index is 508. The lowest BCUT2D eigenvalue weighted by Crippen LogP contribution is -2.46. The van der Waals surface area contributed by atoms with Gasteiger partial charge in [0.05, 0.1) is 0 Å². The first kappa shape index (κ1) is 15.4. The molecule has 0 spiro atoms. The van der Waals surface area contributed by atoms with E-state index in [-0.39, 0.29) is 5.91 Å². The fraction of sp³-hybridized carbons (Fsp3) is 0.600. The third-order valence-electron chi connectivity index (χ3n) is 3.86. The van der Waals surface area contributed by atoms with E-state index in [2.05, 4.69) is 27.5 Å². The lowest BCUT2D eigenvalue weighted by Gasteiger charge is -2.34. The van der Waals surface area contributed by atoms with Crippen LogP contribution >= 0.6 is 0 Å². The molecule has 1 aliphatic heterocycles. The number of aryl methyl sites for hydroxylation is 1. The average Bonchev–Trinajstić information content (AvgIpc) is 2.85. The van der Waals surface area contributed by atoms with Crippen LogP contribution in [0, 0.1) is 5.92 Å². The molecule has 1 aromatic rings. The van der Waals surface area contributed by atoms with E-state index in [0.29, 0.717) is 12.3 Å². The van der Waals surface area contributed by atoms with E-state index < -0.39 is 0 Å². The second-order valence-corrected chi connectivity index (χ2v) is 5.71. The Balaban J connectivity index is 1.89. The summed E-state index contributed by atoms with van der Waals surface area (Å²) in [5.41, 5.74) is 6.53. The number of guanidine groups is 1. The molecule has 1 aliphatic rings. The molecule has 2 heterocycles. The highest BCUT2D eigenvalue weighted by Crippen LogP contribution is 2.19. The number of nitrogens with zero attached hydrogens (tertiary/aromatic N) is 3. The first-order valence-electron chi connectivity index (χ1n) is 7.43. The van der Waals surface area contributed by atoms with Crippen molar-refractivity contribution in [2.24, 2.45) is 23.7 Å². The van der Waals surface area contributed by atoms with Gasteiger partial charge in [0.1, 0.15) is 0 Å². The van der Waals surface area contributed by atoms with Crippen molar-refractivity contribution in [1.29, 1.82) is 0 Å². The number of nitrogens with two attached hydrogens (primary N) is 1. The van der Waals surface area contributed by atoms with Crippen molar-refractivity contribution in [1.82, 2.24) is 14.8 Å². The summed E-state index contributed by atoms with van der Waals surface area (Å²) in [7, 11) is 3.81. The quantitative estimate of drug-likeness (QED) is 0.633. The van der Waals surface area contributed by atoms with Crippen molar-refractivity contribution in [3.05, 3.63) is 24.0 Å². The molecule has 21 heavy (non-hydrogen) atoms. The van der Waals surface area contributed by atoms with Gasteiger partial charge in [0.25, 0.3) is 0 Å². The number of rotatable bonds is 4. The fourth-order valence-electron chi connectivity index (χ4n) is 2.89. The predicted octanol–water partition coefficient (Wildman–Crippen LogP) is 0.688. The fourth-order valence-corrected chi connectivity index (χ4v) is 2.89. The summed E-state index contributed by atoms with van der Waals surface area (Å²) < 4.78 is 2.03. The molecule has 6 heteroatoms. The summed E-state index contributed by atoms with van der Waals surface area (Å²) in [5.74, 6) is 1.02. The minimum Gasteiger partial charge on any atom is -0.370 e.